The molecule has 1 aromatic carbocycles. The lowest BCUT2D eigenvalue weighted by Crippen LogP contribution is -2.09. The van der Waals surface area contributed by atoms with Gasteiger partial charge in [0.1, 0.15) is 0 Å². The molecule has 2 aromatic rings. The van der Waals surface area contributed by atoms with Crippen molar-refractivity contribution in [1.29, 1.82) is 0 Å². The molecule has 0 radical (unpaired) electrons. The topological polar surface area (TPSA) is 64.9 Å². The summed E-state index contributed by atoms with van der Waals surface area (Å²) in [6, 6.07) is 7.69. The van der Waals surface area contributed by atoms with Crippen LogP contribution in [0.25, 0.3) is 17.0 Å². The van der Waals surface area contributed by atoms with Gasteiger partial charge in [0.2, 0.25) is 0 Å². The Bertz CT molecular complexity index is 636. The highest BCUT2D eigenvalue weighted by molar-refractivity contribution is 5.94. The Labute approximate surface area is 127 Å². The molecule has 1 aromatic heterocycles. The molecule has 4 N–H and O–H groups in total. The van der Waals surface area contributed by atoms with Crippen LogP contribution in [0.4, 0.5) is 5.69 Å². The molecular formula is C18H25N3. The number of hydrogen-bond donors (Lipinski definition) is 2. The molecule has 0 saturated carbocycles. The Morgan fingerprint density at radius 3 is 2.43 bits per heavy atom. The largest absolute Gasteiger partial charge is 0.402 e. The number of nitrogen functional groups attached to an aromatic ring is 1. The van der Waals surface area contributed by atoms with E-state index in [1.807, 2.05) is 30.3 Å². The Hall–Kier alpha value is -2.29. The van der Waals surface area contributed by atoms with E-state index in [0.717, 1.165) is 28.6 Å². The number of nitrogens with two attached hydrogens (primary N) is 2. The molecule has 2 rings (SSSR count). The summed E-state index contributed by atoms with van der Waals surface area (Å²) in [7, 11) is 0. The molecule has 0 amide bonds. The monoisotopic (exact) mass is 283 g/mol. The summed E-state index contributed by atoms with van der Waals surface area (Å²) in [5.41, 5.74) is 14.9. The molecule has 0 aliphatic carbocycles. The maximum atomic E-state index is 5.78. The molecule has 0 unspecified atom stereocenters. The van der Waals surface area contributed by atoms with E-state index in [-0.39, 0.29) is 0 Å². The fourth-order valence-electron chi connectivity index (χ4n) is 2.08. The van der Waals surface area contributed by atoms with Crippen LogP contribution in [-0.4, -0.2) is 4.98 Å². The van der Waals surface area contributed by atoms with E-state index < -0.39 is 0 Å². The van der Waals surface area contributed by atoms with E-state index in [0.29, 0.717) is 11.1 Å². The average Bonchev–Trinajstić information content (AvgIpc) is 2.36. The van der Waals surface area contributed by atoms with Gasteiger partial charge in [-0.2, -0.15) is 0 Å². The van der Waals surface area contributed by atoms with Crippen LogP contribution in [0.15, 0.2) is 49.3 Å². The normalized spacial score (nSPS) is 10.6. The van der Waals surface area contributed by atoms with Crippen molar-refractivity contribution in [2.45, 2.75) is 27.2 Å². The van der Waals surface area contributed by atoms with E-state index in [2.05, 4.69) is 38.9 Å². The maximum Gasteiger partial charge on any atom is 0.0937 e. The third-order valence-electron chi connectivity index (χ3n) is 2.81. The highest BCUT2D eigenvalue weighted by Crippen LogP contribution is 2.22. The molecule has 0 atom stereocenters. The van der Waals surface area contributed by atoms with Gasteiger partial charge in [-0.05, 0) is 29.5 Å². The van der Waals surface area contributed by atoms with Crippen LogP contribution in [0.2, 0.25) is 0 Å². The van der Waals surface area contributed by atoms with E-state index in [1.54, 1.807) is 6.20 Å². The number of aromatic nitrogens is 1. The molecule has 3 nitrogen and oxygen atoms in total. The number of pyridine rings is 1. The van der Waals surface area contributed by atoms with E-state index >= 15 is 0 Å². The number of benzene rings is 1. The SMILES string of the molecule is C=C(N)CC(C)(C)C.C=Cc1ccnc2c(N)cccc12. The van der Waals surface area contributed by atoms with Gasteiger partial charge in [-0.25, -0.2) is 0 Å². The van der Waals surface area contributed by atoms with Crippen molar-refractivity contribution in [2.24, 2.45) is 11.1 Å². The molecule has 21 heavy (non-hydrogen) atoms. The van der Waals surface area contributed by atoms with Crippen molar-refractivity contribution >= 4 is 22.7 Å². The highest BCUT2D eigenvalue weighted by Gasteiger charge is 2.09. The summed E-state index contributed by atoms with van der Waals surface area (Å²) in [5, 5.41) is 1.05. The minimum Gasteiger partial charge on any atom is -0.402 e. The molecule has 0 aliphatic heterocycles. The Balaban J connectivity index is 0.000000240. The molecule has 0 saturated heterocycles. The van der Waals surface area contributed by atoms with E-state index in [9.17, 15) is 0 Å². The number of hydrogen-bond acceptors (Lipinski definition) is 3. The van der Waals surface area contributed by atoms with Crippen LogP contribution in [0.1, 0.15) is 32.8 Å². The van der Waals surface area contributed by atoms with Gasteiger partial charge in [0.05, 0.1) is 11.2 Å². The fraction of sp³-hybridized carbons (Fsp3) is 0.278. The third-order valence-corrected chi connectivity index (χ3v) is 2.81. The summed E-state index contributed by atoms with van der Waals surface area (Å²) >= 11 is 0. The summed E-state index contributed by atoms with van der Waals surface area (Å²) < 4.78 is 0. The maximum absolute atomic E-state index is 5.78. The lowest BCUT2D eigenvalue weighted by molar-refractivity contribution is 0.408. The third kappa shape index (κ3) is 5.30. The van der Waals surface area contributed by atoms with Crippen molar-refractivity contribution < 1.29 is 0 Å². The second-order valence-corrected chi connectivity index (χ2v) is 6.24. The molecule has 0 aliphatic rings. The van der Waals surface area contributed by atoms with Crippen LogP contribution >= 0.6 is 0 Å². The highest BCUT2D eigenvalue weighted by atomic mass is 14.7. The van der Waals surface area contributed by atoms with Crippen molar-refractivity contribution in [3.05, 3.63) is 54.9 Å². The molecule has 0 fully saturated rings. The van der Waals surface area contributed by atoms with Gasteiger partial charge in [0.15, 0.2) is 0 Å². The Morgan fingerprint density at radius 1 is 1.29 bits per heavy atom. The van der Waals surface area contributed by atoms with E-state index in [4.69, 9.17) is 11.5 Å². The molecule has 0 spiro atoms. The standard InChI is InChI=1S/C11H10N2.C7H15N/c1-2-8-6-7-13-11-9(8)4-3-5-10(11)12;1-6(8)5-7(2,3)4/h2-7H,1,12H2;1,5,8H2,2-4H3. The van der Waals surface area contributed by atoms with Gasteiger partial charge in [0, 0.05) is 17.3 Å². The number of anilines is 1. The van der Waals surface area contributed by atoms with Gasteiger partial charge in [-0.1, -0.05) is 52.1 Å². The molecular weight excluding hydrogens is 258 g/mol. The number of rotatable bonds is 2. The predicted molar refractivity (Wildman–Crippen MR) is 93.6 cm³/mol. The Morgan fingerprint density at radius 2 is 1.95 bits per heavy atom. The molecule has 0 bridgehead atoms. The zero-order valence-electron chi connectivity index (χ0n) is 13.2. The first kappa shape index (κ1) is 16.8. The van der Waals surface area contributed by atoms with Crippen LogP contribution < -0.4 is 11.5 Å². The number of nitrogens with zero attached hydrogens (tertiary/aromatic N) is 1. The first-order chi connectivity index (χ1) is 9.74. The zero-order valence-corrected chi connectivity index (χ0v) is 13.2. The summed E-state index contributed by atoms with van der Waals surface area (Å²) in [6.45, 7) is 13.8. The fourth-order valence-corrected chi connectivity index (χ4v) is 2.08. The second kappa shape index (κ2) is 6.93. The second-order valence-electron chi connectivity index (χ2n) is 6.24. The van der Waals surface area contributed by atoms with Crippen molar-refractivity contribution in [3.63, 3.8) is 0 Å². The first-order valence-electron chi connectivity index (χ1n) is 6.93. The average molecular weight is 283 g/mol. The molecule has 112 valence electrons. The van der Waals surface area contributed by atoms with Crippen molar-refractivity contribution in [2.75, 3.05) is 5.73 Å². The minimum atomic E-state index is 0.297. The first-order valence-corrected chi connectivity index (χ1v) is 6.93. The predicted octanol–water partition coefficient (Wildman–Crippen LogP) is 4.36. The lowest BCUT2D eigenvalue weighted by Gasteiger charge is -2.16. The van der Waals surface area contributed by atoms with E-state index in [1.165, 1.54) is 0 Å². The zero-order chi connectivity index (χ0) is 16.0. The quantitative estimate of drug-likeness (QED) is 0.805. The van der Waals surface area contributed by atoms with Crippen molar-refractivity contribution in [3.8, 4) is 0 Å². The van der Waals surface area contributed by atoms with Crippen LogP contribution in [0.5, 0.6) is 0 Å². The van der Waals surface area contributed by atoms with Crippen LogP contribution in [0, 0.1) is 5.41 Å². The summed E-state index contributed by atoms with van der Waals surface area (Å²) in [4.78, 5) is 4.22. The van der Waals surface area contributed by atoms with Crippen LogP contribution in [-0.2, 0) is 0 Å². The Kier molecular flexibility index (Phi) is 5.53. The summed E-state index contributed by atoms with van der Waals surface area (Å²) in [5.74, 6) is 0. The van der Waals surface area contributed by atoms with Gasteiger partial charge in [0.25, 0.3) is 0 Å². The van der Waals surface area contributed by atoms with Gasteiger partial charge < -0.3 is 11.5 Å². The smallest absolute Gasteiger partial charge is 0.0937 e. The summed E-state index contributed by atoms with van der Waals surface area (Å²) in [6.07, 6.45) is 4.46. The molecule has 3 heteroatoms. The molecule has 1 heterocycles. The van der Waals surface area contributed by atoms with Crippen LogP contribution in [0.3, 0.4) is 0 Å². The van der Waals surface area contributed by atoms with Crippen molar-refractivity contribution in [1.82, 2.24) is 4.98 Å². The lowest BCUT2D eigenvalue weighted by atomic mass is 9.91. The number of fused-ring (bicyclic) bond motifs is 1. The number of para-hydroxylation sites is 1. The minimum absolute atomic E-state index is 0.297. The number of allylic oxidation sites excluding steroid dienone is 1. The van der Waals surface area contributed by atoms with Gasteiger partial charge in [-0.15, -0.1) is 0 Å². The van der Waals surface area contributed by atoms with Gasteiger partial charge in [-0.3, -0.25) is 4.98 Å². The van der Waals surface area contributed by atoms with Gasteiger partial charge >= 0.3 is 0 Å².